The van der Waals surface area contributed by atoms with E-state index in [-0.39, 0.29) is 5.92 Å². The Morgan fingerprint density at radius 2 is 1.25 bits per heavy atom. The molecule has 0 saturated heterocycles. The predicted octanol–water partition coefficient (Wildman–Crippen LogP) is 7.52. The molecule has 0 fully saturated rings. The first kappa shape index (κ1) is 36.5. The minimum absolute atomic E-state index is 0.106. The number of hydrogen-bond acceptors (Lipinski definition) is 8. The lowest BCUT2D eigenvalue weighted by atomic mass is 9.63. The van der Waals surface area contributed by atoms with Gasteiger partial charge in [0.15, 0.2) is 17.5 Å². The summed E-state index contributed by atoms with van der Waals surface area (Å²) in [4.78, 5) is 16.6. The number of rotatable bonds is 10. The minimum atomic E-state index is -3.06. The molecule has 0 saturated carbocycles. The second-order valence-corrected chi connectivity index (χ2v) is 13.1. The second kappa shape index (κ2) is 14.0. The molecule has 0 amide bonds. The predicted molar refractivity (Wildman–Crippen MR) is 191 cm³/mol. The van der Waals surface area contributed by atoms with E-state index in [1.54, 1.807) is 24.3 Å². The molecule has 5 aromatic rings. The molecule has 53 heavy (non-hydrogen) atoms. The Morgan fingerprint density at radius 1 is 0.774 bits per heavy atom. The van der Waals surface area contributed by atoms with Gasteiger partial charge in [0.25, 0.3) is 5.60 Å². The minimum Gasteiger partial charge on any atom is -0.538 e. The van der Waals surface area contributed by atoms with E-state index in [0.717, 1.165) is 29.9 Å². The van der Waals surface area contributed by atoms with Crippen LogP contribution in [-0.2, 0) is 20.5 Å². The molecular formula is C42H33F3N4O4. The number of benzene rings is 5. The molecule has 1 aliphatic carbocycles. The summed E-state index contributed by atoms with van der Waals surface area (Å²) in [6.07, 6.45) is 0. The summed E-state index contributed by atoms with van der Waals surface area (Å²) >= 11 is 0. The van der Waals surface area contributed by atoms with Crippen molar-refractivity contribution in [2.45, 2.75) is 24.9 Å². The van der Waals surface area contributed by atoms with Crippen molar-refractivity contribution < 1.29 is 32.5 Å². The van der Waals surface area contributed by atoms with E-state index in [0.29, 0.717) is 22.3 Å². The van der Waals surface area contributed by atoms with Gasteiger partial charge < -0.3 is 29.2 Å². The number of ether oxygens (including phenoxy) is 2. The highest BCUT2D eigenvalue weighted by atomic mass is 19.2. The van der Waals surface area contributed by atoms with Crippen molar-refractivity contribution in [2.24, 2.45) is 0 Å². The summed E-state index contributed by atoms with van der Waals surface area (Å²) in [5.74, 6) is -8.09. The summed E-state index contributed by atoms with van der Waals surface area (Å²) in [6, 6.07) is 32.5. The summed E-state index contributed by atoms with van der Waals surface area (Å²) < 4.78 is 59.3. The third-order valence-corrected chi connectivity index (χ3v) is 9.79. The van der Waals surface area contributed by atoms with Gasteiger partial charge in [0.2, 0.25) is 0 Å². The van der Waals surface area contributed by atoms with Crippen molar-refractivity contribution in [2.75, 3.05) is 37.8 Å². The number of fused-ring (bicyclic) bond motifs is 2. The molecule has 8 nitrogen and oxygen atoms in total. The van der Waals surface area contributed by atoms with E-state index in [9.17, 15) is 20.4 Å². The zero-order valence-electron chi connectivity index (χ0n) is 29.5. The number of methoxy groups -OCH3 is 1. The lowest BCUT2D eigenvalue weighted by Crippen LogP contribution is -2.36. The lowest BCUT2D eigenvalue weighted by molar-refractivity contribution is -0.255. The Bertz CT molecular complexity index is 2190. The Morgan fingerprint density at radius 3 is 1.66 bits per heavy atom. The molecule has 0 aromatic heterocycles. The smallest absolute Gasteiger partial charge is 0.280 e. The molecular weight excluding hydrogens is 681 g/mol. The van der Waals surface area contributed by atoms with Crippen LogP contribution in [0.1, 0.15) is 57.6 Å². The Labute approximate surface area is 305 Å². The van der Waals surface area contributed by atoms with Gasteiger partial charge in [-0.2, -0.15) is 19.3 Å². The van der Waals surface area contributed by atoms with Gasteiger partial charge in [-0.25, -0.2) is 4.39 Å². The second-order valence-electron chi connectivity index (χ2n) is 13.1. The van der Waals surface area contributed by atoms with Gasteiger partial charge in [0.05, 0.1) is 39.4 Å². The van der Waals surface area contributed by atoms with Crippen LogP contribution in [-0.4, -0.2) is 34.0 Å². The van der Waals surface area contributed by atoms with E-state index in [1.807, 2.05) is 111 Å². The number of para-hydroxylation sites is 2. The van der Waals surface area contributed by atoms with E-state index in [2.05, 4.69) is 0 Å². The molecule has 0 radical (unpaired) electrons. The van der Waals surface area contributed by atoms with Gasteiger partial charge in [0.1, 0.15) is 36.0 Å². The van der Waals surface area contributed by atoms with Crippen LogP contribution in [0, 0.1) is 46.0 Å². The molecule has 1 aliphatic rings. The van der Waals surface area contributed by atoms with Gasteiger partial charge >= 0.3 is 0 Å². The molecule has 266 valence electrons. The van der Waals surface area contributed by atoms with Crippen molar-refractivity contribution in [1.82, 2.24) is 0 Å². The van der Waals surface area contributed by atoms with Crippen LogP contribution in [0.25, 0.3) is 0 Å². The standard InChI is InChI=1S/C42H33F3N4O4/c1-41(2)31-20-27(48(3)25-12-8-6-9-13-25)16-18-29(31)33(30-19-17-28(21-32(30)41)49(4)26-14-10-7-11-15-26)34-35(40(50)51)38(44)39(45)36(37(34)43)42(22-46,23-47)53-24-52-5/h6-21H,24H2,1-5H3. The molecule has 0 atom stereocenters. The van der Waals surface area contributed by atoms with Gasteiger partial charge in [-0.1, -0.05) is 36.4 Å². The van der Waals surface area contributed by atoms with Gasteiger partial charge in [0, 0.05) is 43.7 Å². The zero-order chi connectivity index (χ0) is 38.2. The molecule has 0 aliphatic heterocycles. The molecule has 0 bridgehead atoms. The van der Waals surface area contributed by atoms with Crippen LogP contribution < -0.4 is 14.9 Å². The quantitative estimate of drug-likeness (QED) is 0.0830. The SMILES string of the molecule is COCOC(C#N)(C#N)c1c(F)c(F)c(C(=O)[O-])c([C+]2c3ccc(N(C)c4ccccc4)cc3C(C)(C)c3cc(N(C)c4ccccc4)ccc32)c1F. The van der Waals surface area contributed by atoms with Crippen LogP contribution in [0.3, 0.4) is 0 Å². The molecule has 0 heterocycles. The fourth-order valence-corrected chi connectivity index (χ4v) is 6.93. The van der Waals surface area contributed by atoms with Crippen LogP contribution in [0.2, 0.25) is 0 Å². The number of anilines is 4. The fraction of sp³-hybridized carbons (Fsp3) is 0.190. The van der Waals surface area contributed by atoms with E-state index in [4.69, 9.17) is 9.47 Å². The molecule has 5 aromatic carbocycles. The number of nitrogens with zero attached hydrogens (tertiary/aromatic N) is 4. The van der Waals surface area contributed by atoms with E-state index in [1.165, 1.54) is 12.1 Å². The summed E-state index contributed by atoms with van der Waals surface area (Å²) in [5, 5.41) is 32.8. The maximum Gasteiger partial charge on any atom is 0.280 e. The lowest BCUT2D eigenvalue weighted by Gasteiger charge is -2.37. The summed E-state index contributed by atoms with van der Waals surface area (Å²) in [7, 11) is 4.90. The third kappa shape index (κ3) is 6.00. The van der Waals surface area contributed by atoms with Gasteiger partial charge in [-0.3, -0.25) is 0 Å². The van der Waals surface area contributed by atoms with Crippen LogP contribution in [0.4, 0.5) is 35.9 Å². The van der Waals surface area contributed by atoms with E-state index < -0.39 is 57.9 Å². The van der Waals surface area contributed by atoms with Crippen molar-refractivity contribution in [1.29, 1.82) is 10.5 Å². The molecule has 0 spiro atoms. The van der Waals surface area contributed by atoms with Gasteiger partial charge in [-0.05, 0) is 74.5 Å². The molecule has 11 heteroatoms. The maximum absolute atomic E-state index is 17.3. The first-order valence-corrected chi connectivity index (χ1v) is 16.4. The number of nitriles is 2. The first-order valence-electron chi connectivity index (χ1n) is 16.4. The Kier molecular flexibility index (Phi) is 9.67. The maximum atomic E-state index is 17.3. The number of carboxylic acids is 1. The topological polar surface area (TPSA) is 113 Å². The van der Waals surface area contributed by atoms with Crippen molar-refractivity contribution in [3.05, 3.63) is 159 Å². The molecule has 6 rings (SSSR count). The number of aromatic carboxylic acids is 1. The third-order valence-electron chi connectivity index (χ3n) is 9.79. The largest absolute Gasteiger partial charge is 0.538 e. The number of hydrogen-bond donors (Lipinski definition) is 0. The monoisotopic (exact) mass is 714 g/mol. The Hall–Kier alpha value is -6.27. The highest BCUT2D eigenvalue weighted by Gasteiger charge is 2.50. The number of carbonyl (C=O) groups is 1. The Balaban J connectivity index is 1.70. The van der Waals surface area contributed by atoms with Crippen molar-refractivity contribution in [3.63, 3.8) is 0 Å². The van der Waals surface area contributed by atoms with Crippen LogP contribution in [0.5, 0.6) is 0 Å². The van der Waals surface area contributed by atoms with Crippen molar-refractivity contribution >= 4 is 28.7 Å². The molecule has 0 unspecified atom stereocenters. The number of halogens is 3. The summed E-state index contributed by atoms with van der Waals surface area (Å²) in [6.45, 7) is 3.15. The van der Waals surface area contributed by atoms with Gasteiger partial charge in [-0.15, -0.1) is 0 Å². The summed E-state index contributed by atoms with van der Waals surface area (Å²) in [5.41, 5.74) is -2.58. The molecule has 0 N–H and O–H groups in total. The fourth-order valence-electron chi connectivity index (χ4n) is 6.93. The highest BCUT2D eigenvalue weighted by molar-refractivity contribution is 5.92. The number of carbonyl (C=O) groups excluding carboxylic acids is 1. The average Bonchev–Trinajstić information content (AvgIpc) is 3.18. The normalized spacial score (nSPS) is 13.0. The van der Waals surface area contributed by atoms with Crippen LogP contribution in [0.15, 0.2) is 97.1 Å². The first-order chi connectivity index (χ1) is 25.3. The zero-order valence-corrected chi connectivity index (χ0v) is 29.5. The van der Waals surface area contributed by atoms with Crippen molar-refractivity contribution in [3.8, 4) is 12.1 Å². The number of carboxylic acid groups (broad SMARTS) is 1. The average molecular weight is 715 g/mol. The highest BCUT2D eigenvalue weighted by Crippen LogP contribution is 2.53. The van der Waals surface area contributed by atoms with Crippen LogP contribution >= 0.6 is 0 Å². The van der Waals surface area contributed by atoms with E-state index >= 15 is 13.2 Å².